The van der Waals surface area contributed by atoms with Crippen molar-refractivity contribution in [3.8, 4) is 0 Å². The quantitative estimate of drug-likeness (QED) is 0.736. The van der Waals surface area contributed by atoms with Gasteiger partial charge in [-0.05, 0) is 56.2 Å². The maximum Gasteiger partial charge on any atom is 0.0464 e. The van der Waals surface area contributed by atoms with Gasteiger partial charge in [-0.25, -0.2) is 0 Å². The minimum absolute atomic E-state index is 0.323. The fraction of sp³-hybridized carbons (Fsp3) is 0.625. The first-order valence-electron chi connectivity index (χ1n) is 7.31. The molecule has 1 fully saturated rings. The van der Waals surface area contributed by atoms with Crippen LogP contribution in [-0.2, 0) is 0 Å². The summed E-state index contributed by atoms with van der Waals surface area (Å²) < 4.78 is 1.04. The molecule has 0 radical (unpaired) electrons. The van der Waals surface area contributed by atoms with Gasteiger partial charge in [-0.3, -0.25) is 0 Å². The highest BCUT2D eigenvalue weighted by atomic mass is 79.9. The highest BCUT2D eigenvalue weighted by molar-refractivity contribution is 9.10. The molecular formula is C16H23BrClN. The van der Waals surface area contributed by atoms with Gasteiger partial charge in [-0.1, -0.05) is 46.9 Å². The topological polar surface area (TPSA) is 12.0 Å². The molecule has 1 N–H and O–H groups in total. The Morgan fingerprint density at radius 3 is 2.58 bits per heavy atom. The standard InChI is InChI=1S/C16H23BrClN/c1-3-12-4-7-14(8-5-12)19-11(2)15-9-6-13(17)10-16(15)18/h6,9-12,14,19H,3-5,7-8H2,1-2H3. The van der Waals surface area contributed by atoms with Crippen molar-refractivity contribution in [1.82, 2.24) is 5.32 Å². The number of hydrogen-bond donors (Lipinski definition) is 1. The van der Waals surface area contributed by atoms with Crippen LogP contribution >= 0.6 is 27.5 Å². The van der Waals surface area contributed by atoms with Gasteiger partial charge in [-0.2, -0.15) is 0 Å². The lowest BCUT2D eigenvalue weighted by molar-refractivity contribution is 0.273. The van der Waals surface area contributed by atoms with Crippen LogP contribution in [-0.4, -0.2) is 6.04 Å². The highest BCUT2D eigenvalue weighted by Gasteiger charge is 2.22. The van der Waals surface area contributed by atoms with Crippen LogP contribution in [0.1, 0.15) is 57.6 Å². The van der Waals surface area contributed by atoms with Gasteiger partial charge in [0.1, 0.15) is 0 Å². The maximum absolute atomic E-state index is 6.32. The van der Waals surface area contributed by atoms with Crippen molar-refractivity contribution >= 4 is 27.5 Å². The second kappa shape index (κ2) is 7.10. The summed E-state index contributed by atoms with van der Waals surface area (Å²) in [5, 5.41) is 4.58. The molecule has 0 aliphatic heterocycles. The van der Waals surface area contributed by atoms with Crippen LogP contribution in [0.25, 0.3) is 0 Å². The van der Waals surface area contributed by atoms with Crippen molar-refractivity contribution in [1.29, 1.82) is 0 Å². The molecule has 2 rings (SSSR count). The van der Waals surface area contributed by atoms with Gasteiger partial charge in [0.2, 0.25) is 0 Å². The zero-order valence-corrected chi connectivity index (χ0v) is 14.1. The molecule has 106 valence electrons. The Kier molecular flexibility index (Phi) is 5.73. The van der Waals surface area contributed by atoms with E-state index in [0.29, 0.717) is 12.1 Å². The van der Waals surface area contributed by atoms with Crippen molar-refractivity contribution in [3.05, 3.63) is 33.3 Å². The Balaban J connectivity index is 1.92. The molecule has 0 aromatic heterocycles. The normalized spacial score (nSPS) is 25.3. The summed E-state index contributed by atoms with van der Waals surface area (Å²) in [6.45, 7) is 4.52. The largest absolute Gasteiger partial charge is 0.307 e. The molecular weight excluding hydrogens is 322 g/mol. The predicted molar refractivity (Wildman–Crippen MR) is 86.7 cm³/mol. The Morgan fingerprint density at radius 2 is 2.00 bits per heavy atom. The van der Waals surface area contributed by atoms with Gasteiger partial charge in [0.05, 0.1) is 0 Å². The van der Waals surface area contributed by atoms with Crippen molar-refractivity contribution in [2.75, 3.05) is 0 Å². The van der Waals surface area contributed by atoms with E-state index < -0.39 is 0 Å². The van der Waals surface area contributed by atoms with E-state index in [1.54, 1.807) is 0 Å². The molecule has 3 heteroatoms. The molecule has 19 heavy (non-hydrogen) atoms. The number of benzene rings is 1. The molecule has 1 aliphatic rings. The fourth-order valence-electron chi connectivity index (χ4n) is 3.03. The Labute approximate surface area is 130 Å². The zero-order valence-electron chi connectivity index (χ0n) is 11.8. The zero-order chi connectivity index (χ0) is 13.8. The van der Waals surface area contributed by atoms with Gasteiger partial charge < -0.3 is 5.32 Å². The number of nitrogens with one attached hydrogen (secondary N) is 1. The van der Waals surface area contributed by atoms with Gasteiger partial charge in [0, 0.05) is 21.6 Å². The van der Waals surface area contributed by atoms with E-state index in [0.717, 1.165) is 15.4 Å². The number of rotatable bonds is 4. The number of hydrogen-bond acceptors (Lipinski definition) is 1. The second-order valence-corrected chi connectivity index (χ2v) is 7.00. The average molecular weight is 345 g/mol. The highest BCUT2D eigenvalue weighted by Crippen LogP contribution is 2.30. The van der Waals surface area contributed by atoms with E-state index in [1.165, 1.54) is 37.7 Å². The summed E-state index contributed by atoms with van der Waals surface area (Å²) in [6, 6.07) is 7.12. The van der Waals surface area contributed by atoms with Crippen LogP contribution < -0.4 is 5.32 Å². The Hall–Kier alpha value is -0.0500. The molecule has 0 saturated heterocycles. The Bertz CT molecular complexity index is 413. The fourth-order valence-corrected chi connectivity index (χ4v) is 3.87. The van der Waals surface area contributed by atoms with Gasteiger partial charge in [-0.15, -0.1) is 0 Å². The molecule has 1 aliphatic carbocycles. The Morgan fingerprint density at radius 1 is 1.32 bits per heavy atom. The van der Waals surface area contributed by atoms with E-state index in [-0.39, 0.29) is 0 Å². The summed E-state index contributed by atoms with van der Waals surface area (Å²) >= 11 is 9.77. The van der Waals surface area contributed by atoms with Crippen LogP contribution in [0.4, 0.5) is 0 Å². The predicted octanol–water partition coefficient (Wildman–Crippen LogP) is 5.72. The van der Waals surface area contributed by atoms with Crippen molar-refractivity contribution in [2.45, 2.75) is 58.0 Å². The first-order chi connectivity index (χ1) is 9.10. The number of halogens is 2. The SMILES string of the molecule is CCC1CCC(NC(C)c2ccc(Br)cc2Cl)CC1. The van der Waals surface area contributed by atoms with Crippen LogP contribution in [0.15, 0.2) is 22.7 Å². The van der Waals surface area contributed by atoms with Crippen molar-refractivity contribution in [2.24, 2.45) is 5.92 Å². The molecule has 1 aromatic rings. The molecule has 0 spiro atoms. The van der Waals surface area contributed by atoms with E-state index in [9.17, 15) is 0 Å². The summed E-state index contributed by atoms with van der Waals surface area (Å²) in [7, 11) is 0. The van der Waals surface area contributed by atoms with E-state index in [2.05, 4.69) is 47.2 Å². The van der Waals surface area contributed by atoms with Crippen LogP contribution in [0.3, 0.4) is 0 Å². The van der Waals surface area contributed by atoms with E-state index in [1.807, 2.05) is 6.07 Å². The minimum atomic E-state index is 0.323. The lowest BCUT2D eigenvalue weighted by Gasteiger charge is -2.31. The first kappa shape index (κ1) is 15.3. The molecule has 1 aromatic carbocycles. The van der Waals surface area contributed by atoms with E-state index in [4.69, 9.17) is 11.6 Å². The summed E-state index contributed by atoms with van der Waals surface area (Å²) in [6.07, 6.45) is 6.68. The minimum Gasteiger partial charge on any atom is -0.307 e. The third-order valence-electron chi connectivity index (χ3n) is 4.34. The molecule has 1 unspecified atom stereocenters. The molecule has 0 bridgehead atoms. The monoisotopic (exact) mass is 343 g/mol. The summed E-state index contributed by atoms with van der Waals surface area (Å²) in [5.41, 5.74) is 1.20. The molecule has 0 heterocycles. The van der Waals surface area contributed by atoms with E-state index >= 15 is 0 Å². The molecule has 1 nitrogen and oxygen atoms in total. The lowest BCUT2D eigenvalue weighted by Crippen LogP contribution is -2.35. The molecule has 1 atom stereocenters. The third-order valence-corrected chi connectivity index (χ3v) is 5.16. The van der Waals surface area contributed by atoms with Crippen molar-refractivity contribution < 1.29 is 0 Å². The third kappa shape index (κ3) is 4.21. The van der Waals surface area contributed by atoms with Gasteiger partial charge in [0.15, 0.2) is 0 Å². The summed E-state index contributed by atoms with van der Waals surface area (Å²) in [5.74, 6) is 0.949. The second-order valence-electron chi connectivity index (χ2n) is 5.68. The average Bonchev–Trinajstić information content (AvgIpc) is 2.39. The van der Waals surface area contributed by atoms with Crippen LogP contribution in [0, 0.1) is 5.92 Å². The van der Waals surface area contributed by atoms with Crippen LogP contribution in [0.2, 0.25) is 5.02 Å². The van der Waals surface area contributed by atoms with Gasteiger partial charge >= 0.3 is 0 Å². The van der Waals surface area contributed by atoms with Crippen molar-refractivity contribution in [3.63, 3.8) is 0 Å². The lowest BCUT2D eigenvalue weighted by atomic mass is 9.84. The summed E-state index contributed by atoms with van der Waals surface area (Å²) in [4.78, 5) is 0. The maximum atomic E-state index is 6.32. The van der Waals surface area contributed by atoms with Gasteiger partial charge in [0.25, 0.3) is 0 Å². The molecule has 1 saturated carbocycles. The first-order valence-corrected chi connectivity index (χ1v) is 8.48. The molecule has 0 amide bonds. The smallest absolute Gasteiger partial charge is 0.0464 e. The van der Waals surface area contributed by atoms with Crippen LogP contribution in [0.5, 0.6) is 0 Å².